The van der Waals surface area contributed by atoms with Crippen LogP contribution >= 0.6 is 0 Å². The van der Waals surface area contributed by atoms with Gasteiger partial charge in [-0.25, -0.2) is 0 Å². The van der Waals surface area contributed by atoms with Crippen LogP contribution in [-0.2, 0) is 11.4 Å². The van der Waals surface area contributed by atoms with Crippen molar-refractivity contribution in [3.8, 4) is 5.75 Å². The van der Waals surface area contributed by atoms with E-state index in [1.54, 1.807) is 31.2 Å². The number of aromatic nitrogens is 2. The highest BCUT2D eigenvalue weighted by Gasteiger charge is 2.04. The lowest BCUT2D eigenvalue weighted by atomic mass is 10.2. The number of benzene rings is 1. The summed E-state index contributed by atoms with van der Waals surface area (Å²) in [5, 5.41) is 6.53. The van der Waals surface area contributed by atoms with Crippen LogP contribution in [0.4, 0.5) is 5.69 Å². The molecule has 0 spiro atoms. The van der Waals surface area contributed by atoms with Crippen LogP contribution < -0.4 is 15.8 Å². The van der Waals surface area contributed by atoms with Gasteiger partial charge in [0.1, 0.15) is 5.75 Å². The Hall–Kier alpha value is -2.41. The molecule has 112 valence electrons. The standard InChI is InChI=1S/C14H18N4O3/c1-10-16-13(18-21-10)9-20-12-6-4-11(5-7-12)17-14(19)3-2-8-15/h4-7H,2-3,8-9,15H2,1H3,(H,17,19). The minimum absolute atomic E-state index is 0.0450. The Balaban J connectivity index is 1.82. The molecule has 0 aliphatic carbocycles. The molecule has 7 nitrogen and oxygen atoms in total. The highest BCUT2D eigenvalue weighted by molar-refractivity contribution is 5.90. The first-order chi connectivity index (χ1) is 10.2. The number of aryl methyl sites for hydroxylation is 1. The quantitative estimate of drug-likeness (QED) is 0.803. The lowest BCUT2D eigenvalue weighted by Gasteiger charge is -2.07. The number of nitrogens with one attached hydrogen (secondary N) is 1. The Morgan fingerprint density at radius 1 is 1.38 bits per heavy atom. The van der Waals surface area contributed by atoms with Crippen molar-refractivity contribution in [2.75, 3.05) is 11.9 Å². The third-order valence-electron chi connectivity index (χ3n) is 2.68. The average molecular weight is 290 g/mol. The number of nitrogens with zero attached hydrogens (tertiary/aromatic N) is 2. The van der Waals surface area contributed by atoms with Crippen molar-refractivity contribution in [1.29, 1.82) is 0 Å². The van der Waals surface area contributed by atoms with Crippen LogP contribution in [0.2, 0.25) is 0 Å². The fraction of sp³-hybridized carbons (Fsp3) is 0.357. The van der Waals surface area contributed by atoms with Gasteiger partial charge in [-0.05, 0) is 37.2 Å². The summed E-state index contributed by atoms with van der Waals surface area (Å²) < 4.78 is 10.4. The smallest absolute Gasteiger partial charge is 0.224 e. The molecule has 0 saturated carbocycles. The Kier molecular flexibility index (Phi) is 5.28. The lowest BCUT2D eigenvalue weighted by molar-refractivity contribution is -0.116. The largest absolute Gasteiger partial charge is 0.485 e. The van der Waals surface area contributed by atoms with E-state index in [1.807, 2.05) is 0 Å². The maximum atomic E-state index is 11.5. The van der Waals surface area contributed by atoms with Crippen molar-refractivity contribution in [3.05, 3.63) is 36.0 Å². The normalized spacial score (nSPS) is 10.4. The highest BCUT2D eigenvalue weighted by Crippen LogP contribution is 2.17. The van der Waals surface area contributed by atoms with Gasteiger partial charge >= 0.3 is 0 Å². The van der Waals surface area contributed by atoms with Gasteiger partial charge in [-0.2, -0.15) is 4.98 Å². The average Bonchev–Trinajstić information content (AvgIpc) is 2.90. The number of rotatable bonds is 7. The van der Waals surface area contributed by atoms with Crippen molar-refractivity contribution in [3.63, 3.8) is 0 Å². The highest BCUT2D eigenvalue weighted by atomic mass is 16.5. The first-order valence-electron chi connectivity index (χ1n) is 6.69. The number of anilines is 1. The van der Waals surface area contributed by atoms with Crippen LogP contribution in [-0.4, -0.2) is 22.6 Å². The number of hydrogen-bond donors (Lipinski definition) is 2. The minimum Gasteiger partial charge on any atom is -0.485 e. The first-order valence-corrected chi connectivity index (χ1v) is 6.69. The number of nitrogens with two attached hydrogens (primary N) is 1. The summed E-state index contributed by atoms with van der Waals surface area (Å²) in [4.78, 5) is 15.6. The Labute approximate surface area is 122 Å². The van der Waals surface area contributed by atoms with Gasteiger partial charge < -0.3 is 20.3 Å². The maximum absolute atomic E-state index is 11.5. The number of amides is 1. The van der Waals surface area contributed by atoms with Crippen molar-refractivity contribution in [2.24, 2.45) is 5.73 Å². The summed E-state index contributed by atoms with van der Waals surface area (Å²) in [6.07, 6.45) is 1.10. The SMILES string of the molecule is Cc1nc(COc2ccc(NC(=O)CCCN)cc2)no1. The van der Waals surface area contributed by atoms with Crippen LogP contribution in [0.25, 0.3) is 0 Å². The zero-order chi connectivity index (χ0) is 15.1. The molecule has 1 aromatic carbocycles. The Bertz CT molecular complexity index is 580. The Morgan fingerprint density at radius 2 is 2.14 bits per heavy atom. The minimum atomic E-state index is -0.0450. The molecule has 3 N–H and O–H groups in total. The van der Waals surface area contributed by atoms with E-state index in [4.69, 9.17) is 15.0 Å². The molecular weight excluding hydrogens is 272 g/mol. The number of ether oxygens (including phenoxy) is 1. The van der Waals surface area contributed by atoms with E-state index in [-0.39, 0.29) is 12.5 Å². The van der Waals surface area contributed by atoms with Crippen molar-refractivity contribution in [2.45, 2.75) is 26.4 Å². The zero-order valence-electron chi connectivity index (χ0n) is 11.8. The van der Waals surface area contributed by atoms with E-state index in [0.29, 0.717) is 36.9 Å². The van der Waals surface area contributed by atoms with Gasteiger partial charge in [0.2, 0.25) is 17.6 Å². The van der Waals surface area contributed by atoms with Crippen LogP contribution in [0, 0.1) is 6.92 Å². The first kappa shape index (κ1) is 15.0. The second-order valence-corrected chi connectivity index (χ2v) is 4.48. The van der Waals surface area contributed by atoms with E-state index < -0.39 is 0 Å². The van der Waals surface area contributed by atoms with Crippen molar-refractivity contribution >= 4 is 11.6 Å². The summed E-state index contributed by atoms with van der Waals surface area (Å²) in [6.45, 7) is 2.47. The summed E-state index contributed by atoms with van der Waals surface area (Å²) in [7, 11) is 0. The second kappa shape index (κ2) is 7.39. The molecule has 1 amide bonds. The molecular formula is C14H18N4O3. The molecule has 2 rings (SSSR count). The van der Waals surface area contributed by atoms with Gasteiger partial charge in [-0.1, -0.05) is 5.16 Å². The fourth-order valence-corrected chi connectivity index (χ4v) is 1.67. The molecule has 0 atom stereocenters. The summed E-state index contributed by atoms with van der Waals surface area (Å²) >= 11 is 0. The molecule has 0 aliphatic heterocycles. The van der Waals surface area contributed by atoms with Crippen LogP contribution in [0.15, 0.2) is 28.8 Å². The van der Waals surface area contributed by atoms with E-state index in [1.165, 1.54) is 0 Å². The maximum Gasteiger partial charge on any atom is 0.224 e. The summed E-state index contributed by atoms with van der Waals surface area (Å²) in [6, 6.07) is 7.09. The zero-order valence-corrected chi connectivity index (χ0v) is 11.8. The van der Waals surface area contributed by atoms with Crippen LogP contribution in [0.3, 0.4) is 0 Å². The molecule has 0 radical (unpaired) electrons. The number of hydrogen-bond acceptors (Lipinski definition) is 6. The van der Waals surface area contributed by atoms with Crippen molar-refractivity contribution in [1.82, 2.24) is 10.1 Å². The van der Waals surface area contributed by atoms with E-state index >= 15 is 0 Å². The third-order valence-corrected chi connectivity index (χ3v) is 2.68. The molecule has 0 fully saturated rings. The number of carbonyl (C=O) groups is 1. The summed E-state index contributed by atoms with van der Waals surface area (Å²) in [5.74, 6) is 1.62. The second-order valence-electron chi connectivity index (χ2n) is 4.48. The van der Waals surface area contributed by atoms with Crippen LogP contribution in [0.5, 0.6) is 5.75 Å². The molecule has 1 heterocycles. The summed E-state index contributed by atoms with van der Waals surface area (Å²) in [5.41, 5.74) is 6.08. The molecule has 2 aromatic rings. The predicted molar refractivity (Wildman–Crippen MR) is 76.7 cm³/mol. The lowest BCUT2D eigenvalue weighted by Crippen LogP contribution is -2.13. The van der Waals surface area contributed by atoms with Gasteiger partial charge in [-0.3, -0.25) is 4.79 Å². The third kappa shape index (κ3) is 4.88. The van der Waals surface area contributed by atoms with Gasteiger partial charge in [0, 0.05) is 19.0 Å². The molecule has 7 heteroatoms. The van der Waals surface area contributed by atoms with Crippen molar-refractivity contribution < 1.29 is 14.1 Å². The van der Waals surface area contributed by atoms with Crippen LogP contribution in [0.1, 0.15) is 24.6 Å². The van der Waals surface area contributed by atoms with Gasteiger partial charge in [0.15, 0.2) is 6.61 Å². The fourth-order valence-electron chi connectivity index (χ4n) is 1.67. The topological polar surface area (TPSA) is 103 Å². The van der Waals surface area contributed by atoms with E-state index in [2.05, 4.69) is 15.5 Å². The molecule has 0 bridgehead atoms. The molecule has 0 aliphatic rings. The monoisotopic (exact) mass is 290 g/mol. The molecule has 0 saturated heterocycles. The van der Waals surface area contributed by atoms with E-state index in [9.17, 15) is 4.79 Å². The Morgan fingerprint density at radius 3 is 2.76 bits per heavy atom. The predicted octanol–water partition coefficient (Wildman–Crippen LogP) is 1.63. The van der Waals surface area contributed by atoms with Gasteiger partial charge in [0.05, 0.1) is 0 Å². The molecule has 1 aromatic heterocycles. The molecule has 21 heavy (non-hydrogen) atoms. The van der Waals surface area contributed by atoms with Gasteiger partial charge in [0.25, 0.3) is 0 Å². The number of carbonyl (C=O) groups excluding carboxylic acids is 1. The van der Waals surface area contributed by atoms with E-state index in [0.717, 1.165) is 5.69 Å². The van der Waals surface area contributed by atoms with Gasteiger partial charge in [-0.15, -0.1) is 0 Å². The molecule has 0 unspecified atom stereocenters.